The van der Waals surface area contributed by atoms with Crippen LogP contribution in [-0.4, -0.2) is 30.4 Å². The van der Waals surface area contributed by atoms with Crippen LogP contribution >= 0.6 is 12.4 Å². The lowest BCUT2D eigenvalue weighted by atomic mass is 9.97. The fourth-order valence-electron chi connectivity index (χ4n) is 1.69. The Balaban J connectivity index is 0.00000112. The second-order valence-corrected chi connectivity index (χ2v) is 4.05. The van der Waals surface area contributed by atoms with Crippen molar-refractivity contribution in [3.63, 3.8) is 0 Å². The van der Waals surface area contributed by atoms with Crippen LogP contribution in [0.4, 0.5) is 0 Å². The zero-order valence-corrected chi connectivity index (χ0v) is 9.18. The number of amides is 2. The van der Waals surface area contributed by atoms with Crippen LogP contribution in [0.1, 0.15) is 19.3 Å². The molecule has 1 saturated heterocycles. The molecule has 0 aromatic rings. The van der Waals surface area contributed by atoms with Crippen LogP contribution in [0.15, 0.2) is 0 Å². The summed E-state index contributed by atoms with van der Waals surface area (Å²) in [6.07, 6.45) is 1.91. The summed E-state index contributed by atoms with van der Waals surface area (Å²) in [5.41, 5.74) is 5.58. The summed E-state index contributed by atoms with van der Waals surface area (Å²) < 4.78 is 0. The molecule has 2 fully saturated rings. The molecule has 4 N–H and O–H groups in total. The largest absolute Gasteiger partial charge is 0.356 e. The minimum absolute atomic E-state index is 0. The number of carbonyl (C=O) groups excluding carboxylic acids is 2. The summed E-state index contributed by atoms with van der Waals surface area (Å²) >= 11 is 0. The number of halogens is 1. The minimum Gasteiger partial charge on any atom is -0.356 e. The van der Waals surface area contributed by atoms with E-state index in [0.717, 1.165) is 12.8 Å². The summed E-state index contributed by atoms with van der Waals surface area (Å²) in [5, 5.41) is 5.55. The van der Waals surface area contributed by atoms with Crippen molar-refractivity contribution in [2.45, 2.75) is 31.3 Å². The second kappa shape index (κ2) is 4.81. The Morgan fingerprint density at radius 1 is 1.53 bits per heavy atom. The monoisotopic (exact) mass is 233 g/mol. The molecule has 15 heavy (non-hydrogen) atoms. The number of piperidine rings is 1. The lowest BCUT2D eigenvalue weighted by Crippen LogP contribution is -2.42. The normalized spacial score (nSPS) is 33.7. The third-order valence-corrected chi connectivity index (χ3v) is 2.79. The van der Waals surface area contributed by atoms with Crippen molar-refractivity contribution in [1.82, 2.24) is 10.6 Å². The molecule has 1 saturated carbocycles. The maximum atomic E-state index is 11.6. The van der Waals surface area contributed by atoms with Gasteiger partial charge in [-0.2, -0.15) is 0 Å². The van der Waals surface area contributed by atoms with E-state index in [1.165, 1.54) is 0 Å². The van der Waals surface area contributed by atoms with Crippen molar-refractivity contribution >= 4 is 24.2 Å². The predicted octanol–water partition coefficient (Wildman–Crippen LogP) is -0.850. The molecule has 0 radical (unpaired) electrons. The molecule has 2 amide bonds. The highest BCUT2D eigenvalue weighted by atomic mass is 35.5. The number of hydrogen-bond donors (Lipinski definition) is 3. The van der Waals surface area contributed by atoms with Gasteiger partial charge in [-0.25, -0.2) is 0 Å². The van der Waals surface area contributed by atoms with Gasteiger partial charge >= 0.3 is 0 Å². The molecule has 86 valence electrons. The Morgan fingerprint density at radius 2 is 2.20 bits per heavy atom. The molecular formula is C9H16ClN3O2. The lowest BCUT2D eigenvalue weighted by molar-refractivity contribution is -0.132. The SMILES string of the molecule is Cl.NC1CC1NC(=O)C1CCNC(=O)C1. The van der Waals surface area contributed by atoms with Gasteiger partial charge < -0.3 is 16.4 Å². The Hall–Kier alpha value is -0.810. The van der Waals surface area contributed by atoms with Crippen LogP contribution in [-0.2, 0) is 9.59 Å². The van der Waals surface area contributed by atoms with Gasteiger partial charge in [0, 0.05) is 31.0 Å². The van der Waals surface area contributed by atoms with Crippen molar-refractivity contribution in [3.8, 4) is 0 Å². The second-order valence-electron chi connectivity index (χ2n) is 4.05. The van der Waals surface area contributed by atoms with Crippen LogP contribution in [0.5, 0.6) is 0 Å². The molecule has 0 bridgehead atoms. The number of carbonyl (C=O) groups is 2. The van der Waals surface area contributed by atoms with Gasteiger partial charge in [-0.05, 0) is 12.8 Å². The van der Waals surface area contributed by atoms with Crippen LogP contribution in [0.3, 0.4) is 0 Å². The summed E-state index contributed by atoms with van der Waals surface area (Å²) in [7, 11) is 0. The maximum Gasteiger partial charge on any atom is 0.223 e. The van der Waals surface area contributed by atoms with E-state index in [4.69, 9.17) is 5.73 Å². The predicted molar refractivity (Wildman–Crippen MR) is 57.5 cm³/mol. The van der Waals surface area contributed by atoms with Crippen LogP contribution < -0.4 is 16.4 Å². The lowest BCUT2D eigenvalue weighted by Gasteiger charge is -2.21. The molecule has 3 unspecified atom stereocenters. The van der Waals surface area contributed by atoms with Crippen molar-refractivity contribution in [2.24, 2.45) is 11.7 Å². The molecule has 0 spiro atoms. The molecule has 1 aliphatic heterocycles. The average molecular weight is 234 g/mol. The topological polar surface area (TPSA) is 84.2 Å². The van der Waals surface area contributed by atoms with Gasteiger partial charge in [-0.3, -0.25) is 9.59 Å². The Morgan fingerprint density at radius 3 is 2.73 bits per heavy atom. The summed E-state index contributed by atoms with van der Waals surface area (Å²) in [6, 6.07) is 0.267. The van der Waals surface area contributed by atoms with Gasteiger partial charge in [0.05, 0.1) is 0 Å². The van der Waals surface area contributed by atoms with E-state index < -0.39 is 0 Å². The highest BCUT2D eigenvalue weighted by Crippen LogP contribution is 2.20. The van der Waals surface area contributed by atoms with Crippen molar-refractivity contribution in [3.05, 3.63) is 0 Å². The first kappa shape index (κ1) is 12.3. The van der Waals surface area contributed by atoms with Crippen molar-refractivity contribution in [1.29, 1.82) is 0 Å². The fourth-order valence-corrected chi connectivity index (χ4v) is 1.69. The molecule has 2 aliphatic rings. The molecule has 0 aromatic carbocycles. The van der Waals surface area contributed by atoms with E-state index in [1.54, 1.807) is 0 Å². The minimum atomic E-state index is -0.156. The van der Waals surface area contributed by atoms with E-state index in [-0.39, 0.29) is 42.2 Å². The zero-order chi connectivity index (χ0) is 10.1. The molecule has 0 aromatic heterocycles. The molecule has 5 nitrogen and oxygen atoms in total. The summed E-state index contributed by atoms with van der Waals surface area (Å²) in [6.45, 7) is 0.605. The van der Waals surface area contributed by atoms with Crippen molar-refractivity contribution in [2.75, 3.05) is 6.54 Å². The number of rotatable bonds is 2. The first-order valence-corrected chi connectivity index (χ1v) is 4.99. The Kier molecular flexibility index (Phi) is 3.93. The first-order chi connectivity index (χ1) is 6.66. The molecular weight excluding hydrogens is 218 g/mol. The van der Waals surface area contributed by atoms with Crippen LogP contribution in [0.25, 0.3) is 0 Å². The zero-order valence-electron chi connectivity index (χ0n) is 8.36. The highest BCUT2D eigenvalue weighted by Gasteiger charge is 2.37. The number of nitrogens with one attached hydrogen (secondary N) is 2. The summed E-state index contributed by atoms with van der Waals surface area (Å²) in [5.74, 6) is -0.203. The highest BCUT2D eigenvalue weighted by molar-refractivity contribution is 5.87. The van der Waals surface area contributed by atoms with E-state index in [1.807, 2.05) is 0 Å². The number of hydrogen-bond acceptors (Lipinski definition) is 3. The molecule has 6 heteroatoms. The molecule has 3 atom stereocenters. The van der Waals surface area contributed by atoms with Gasteiger partial charge in [-0.15, -0.1) is 12.4 Å². The van der Waals surface area contributed by atoms with E-state index in [0.29, 0.717) is 13.0 Å². The van der Waals surface area contributed by atoms with E-state index in [2.05, 4.69) is 10.6 Å². The summed E-state index contributed by atoms with van der Waals surface area (Å²) in [4.78, 5) is 22.6. The quantitative estimate of drug-likeness (QED) is 0.581. The average Bonchev–Trinajstić information content (AvgIpc) is 2.81. The Labute approximate surface area is 94.6 Å². The molecule has 1 aliphatic carbocycles. The third-order valence-electron chi connectivity index (χ3n) is 2.79. The van der Waals surface area contributed by atoms with Crippen LogP contribution in [0, 0.1) is 5.92 Å². The number of nitrogens with two attached hydrogens (primary N) is 1. The standard InChI is InChI=1S/C9H15N3O2.ClH/c10-6-4-7(6)12-9(14)5-1-2-11-8(13)3-5;/h5-7H,1-4,10H2,(H,11,13)(H,12,14);1H. The smallest absolute Gasteiger partial charge is 0.223 e. The molecule has 1 heterocycles. The van der Waals surface area contributed by atoms with Gasteiger partial charge in [0.25, 0.3) is 0 Å². The van der Waals surface area contributed by atoms with Gasteiger partial charge in [-0.1, -0.05) is 0 Å². The third kappa shape index (κ3) is 3.07. The first-order valence-electron chi connectivity index (χ1n) is 4.99. The van der Waals surface area contributed by atoms with Crippen LogP contribution in [0.2, 0.25) is 0 Å². The van der Waals surface area contributed by atoms with E-state index in [9.17, 15) is 9.59 Å². The van der Waals surface area contributed by atoms with Gasteiger partial charge in [0.15, 0.2) is 0 Å². The van der Waals surface area contributed by atoms with E-state index >= 15 is 0 Å². The van der Waals surface area contributed by atoms with Gasteiger partial charge in [0.1, 0.15) is 0 Å². The van der Waals surface area contributed by atoms with Crippen molar-refractivity contribution < 1.29 is 9.59 Å². The molecule has 2 rings (SSSR count). The fraction of sp³-hybridized carbons (Fsp3) is 0.778. The Bertz CT molecular complexity index is 272. The maximum absolute atomic E-state index is 11.6. The van der Waals surface area contributed by atoms with Gasteiger partial charge in [0.2, 0.25) is 11.8 Å².